The van der Waals surface area contributed by atoms with E-state index < -0.39 is 28.8 Å². The van der Waals surface area contributed by atoms with Crippen molar-refractivity contribution in [2.75, 3.05) is 0 Å². The van der Waals surface area contributed by atoms with Gasteiger partial charge in [-0.2, -0.15) is 27.2 Å². The molecule has 0 amide bonds. The van der Waals surface area contributed by atoms with Crippen LogP contribution in [0.4, 0.5) is 22.0 Å². The monoisotopic (exact) mass is 425 g/mol. The second-order valence-electron chi connectivity index (χ2n) is 6.22. The van der Waals surface area contributed by atoms with Crippen molar-refractivity contribution in [3.63, 3.8) is 0 Å². The van der Waals surface area contributed by atoms with E-state index in [4.69, 9.17) is 0 Å². The average molecular weight is 425 g/mol. The van der Waals surface area contributed by atoms with Gasteiger partial charge in [0.1, 0.15) is 16.6 Å². The number of aromatic nitrogens is 2. The van der Waals surface area contributed by atoms with Crippen LogP contribution in [0.5, 0.6) is 0 Å². The van der Waals surface area contributed by atoms with E-state index in [9.17, 15) is 32.0 Å². The van der Waals surface area contributed by atoms with E-state index in [1.54, 1.807) is 24.3 Å². The third-order valence-corrected chi connectivity index (χ3v) is 5.01. The maximum absolute atomic E-state index is 14.1. The molecule has 2 aromatic heterocycles. The van der Waals surface area contributed by atoms with E-state index >= 15 is 0 Å². The number of halogens is 5. The molecule has 4 nitrogen and oxygen atoms in total. The summed E-state index contributed by atoms with van der Waals surface area (Å²) in [5, 5.41) is 10.8. The molecule has 2 heterocycles. The van der Waals surface area contributed by atoms with E-state index in [1.807, 2.05) is 6.92 Å². The first-order valence-corrected chi connectivity index (χ1v) is 9.02. The normalized spacial score (nSPS) is 12.0. The molecule has 0 aliphatic rings. The van der Waals surface area contributed by atoms with Crippen LogP contribution in [0.25, 0.3) is 10.7 Å². The van der Waals surface area contributed by atoms with Crippen LogP contribution >= 0.6 is 11.3 Å². The Kier molecular flexibility index (Phi) is 5.28. The molecule has 0 atom stereocenters. The smallest absolute Gasteiger partial charge is 0.300 e. The summed E-state index contributed by atoms with van der Waals surface area (Å²) >= 11 is 0.972. The quantitative estimate of drug-likeness (QED) is 0.562. The number of pyridine rings is 1. The topological polar surface area (TPSA) is 58.7 Å². The summed E-state index contributed by atoms with van der Waals surface area (Å²) in [6.45, 7) is 1.72. The molecule has 0 unspecified atom stereocenters. The van der Waals surface area contributed by atoms with Crippen molar-refractivity contribution in [1.82, 2.24) is 9.55 Å². The molecule has 0 aliphatic heterocycles. The second kappa shape index (κ2) is 7.40. The Bertz CT molecular complexity index is 1130. The van der Waals surface area contributed by atoms with Crippen molar-refractivity contribution < 1.29 is 22.0 Å². The van der Waals surface area contributed by atoms with Crippen molar-refractivity contribution in [3.05, 3.63) is 74.5 Å². The van der Waals surface area contributed by atoms with E-state index in [-0.39, 0.29) is 17.2 Å². The standard InChI is InChI=1S/C19H12F5N3OS/c1-11-2-4-12(5-3-11)10-27-15(16-26-6-7-29-16)8-14(13(9-25)17(27)28)18(20,21)19(22,23)24/h2-8H,10H2,1H3. The summed E-state index contributed by atoms with van der Waals surface area (Å²) in [5.74, 6) is -5.37. The zero-order valence-corrected chi connectivity index (χ0v) is 15.6. The highest BCUT2D eigenvalue weighted by Gasteiger charge is 2.60. The maximum Gasteiger partial charge on any atom is 0.458 e. The summed E-state index contributed by atoms with van der Waals surface area (Å²) in [4.78, 5) is 16.7. The van der Waals surface area contributed by atoms with Gasteiger partial charge in [0.05, 0.1) is 17.8 Å². The van der Waals surface area contributed by atoms with Crippen LogP contribution in [-0.4, -0.2) is 15.7 Å². The van der Waals surface area contributed by atoms with Gasteiger partial charge >= 0.3 is 12.1 Å². The number of nitriles is 1. The Morgan fingerprint density at radius 2 is 1.83 bits per heavy atom. The third kappa shape index (κ3) is 3.78. The zero-order valence-electron chi connectivity index (χ0n) is 14.8. The van der Waals surface area contributed by atoms with Gasteiger partial charge in [0, 0.05) is 11.6 Å². The zero-order chi connectivity index (χ0) is 21.4. The molecular formula is C19H12F5N3OS. The second-order valence-corrected chi connectivity index (χ2v) is 7.11. The minimum atomic E-state index is -5.96. The van der Waals surface area contributed by atoms with Crippen LogP contribution in [0.15, 0.2) is 46.7 Å². The Morgan fingerprint density at radius 1 is 1.17 bits per heavy atom. The highest BCUT2D eigenvalue weighted by Crippen LogP contribution is 2.45. The molecule has 0 bridgehead atoms. The molecule has 0 N–H and O–H groups in total. The molecule has 10 heteroatoms. The molecule has 0 radical (unpaired) electrons. The van der Waals surface area contributed by atoms with Gasteiger partial charge in [-0.1, -0.05) is 29.8 Å². The van der Waals surface area contributed by atoms with Gasteiger partial charge < -0.3 is 4.57 Å². The number of benzene rings is 1. The lowest BCUT2D eigenvalue weighted by Gasteiger charge is -2.22. The summed E-state index contributed by atoms with van der Waals surface area (Å²) in [5.41, 5.74) is -2.83. The van der Waals surface area contributed by atoms with Crippen molar-refractivity contribution in [1.29, 1.82) is 5.26 Å². The van der Waals surface area contributed by atoms with Crippen molar-refractivity contribution >= 4 is 11.3 Å². The lowest BCUT2D eigenvalue weighted by atomic mass is 10.0. The van der Waals surface area contributed by atoms with Crippen LogP contribution in [0.3, 0.4) is 0 Å². The number of thiazole rings is 1. The Balaban J connectivity index is 2.30. The van der Waals surface area contributed by atoms with Gasteiger partial charge in [-0.15, -0.1) is 11.3 Å². The first kappa shape index (κ1) is 20.7. The van der Waals surface area contributed by atoms with Gasteiger partial charge in [0.15, 0.2) is 0 Å². The molecule has 150 valence electrons. The number of aryl methyl sites for hydroxylation is 1. The molecule has 0 aliphatic carbocycles. The van der Waals surface area contributed by atoms with Crippen molar-refractivity contribution in [2.45, 2.75) is 25.6 Å². The molecule has 1 aromatic carbocycles. The van der Waals surface area contributed by atoms with Gasteiger partial charge in [0.2, 0.25) is 0 Å². The van der Waals surface area contributed by atoms with Crippen LogP contribution in [0, 0.1) is 18.3 Å². The molecule has 0 spiro atoms. The number of hydrogen-bond donors (Lipinski definition) is 0. The minimum Gasteiger partial charge on any atom is -0.300 e. The number of nitrogens with zero attached hydrogens (tertiary/aromatic N) is 3. The fraction of sp³-hybridized carbons (Fsp3) is 0.211. The van der Waals surface area contributed by atoms with Crippen LogP contribution < -0.4 is 5.56 Å². The predicted molar refractivity (Wildman–Crippen MR) is 96.8 cm³/mol. The van der Waals surface area contributed by atoms with Crippen molar-refractivity contribution in [2.24, 2.45) is 0 Å². The lowest BCUT2D eigenvalue weighted by molar-refractivity contribution is -0.289. The first-order chi connectivity index (χ1) is 13.6. The molecule has 0 saturated heterocycles. The van der Waals surface area contributed by atoms with E-state index in [2.05, 4.69) is 4.98 Å². The van der Waals surface area contributed by atoms with Crippen LogP contribution in [0.2, 0.25) is 0 Å². The number of hydrogen-bond acceptors (Lipinski definition) is 4. The van der Waals surface area contributed by atoms with Crippen molar-refractivity contribution in [3.8, 4) is 16.8 Å². The van der Waals surface area contributed by atoms with Gasteiger partial charge in [0.25, 0.3) is 5.56 Å². The Morgan fingerprint density at radius 3 is 2.34 bits per heavy atom. The first-order valence-electron chi connectivity index (χ1n) is 8.14. The fourth-order valence-electron chi connectivity index (χ4n) is 2.71. The van der Waals surface area contributed by atoms with Crippen LogP contribution in [-0.2, 0) is 12.5 Å². The lowest BCUT2D eigenvalue weighted by Crippen LogP contribution is -2.38. The summed E-state index contributed by atoms with van der Waals surface area (Å²) in [6, 6.07) is 8.66. The maximum atomic E-state index is 14.1. The Labute approximate surface area is 165 Å². The summed E-state index contributed by atoms with van der Waals surface area (Å²) in [6.07, 6.45) is -4.63. The van der Waals surface area contributed by atoms with Gasteiger partial charge in [-0.05, 0) is 18.6 Å². The predicted octanol–water partition coefficient (Wildman–Crippen LogP) is 4.85. The van der Waals surface area contributed by atoms with Gasteiger partial charge in [-0.3, -0.25) is 4.79 Å². The van der Waals surface area contributed by atoms with E-state index in [0.29, 0.717) is 11.6 Å². The molecule has 3 rings (SSSR count). The Hall–Kier alpha value is -3.06. The summed E-state index contributed by atoms with van der Waals surface area (Å²) < 4.78 is 68.0. The highest BCUT2D eigenvalue weighted by atomic mass is 32.1. The fourth-order valence-corrected chi connectivity index (χ4v) is 3.38. The SMILES string of the molecule is Cc1ccc(Cn2c(-c3nccs3)cc(C(F)(F)C(F)(F)F)c(C#N)c2=O)cc1. The van der Waals surface area contributed by atoms with Gasteiger partial charge in [-0.25, -0.2) is 4.98 Å². The average Bonchev–Trinajstić information content (AvgIpc) is 3.18. The molecule has 0 saturated carbocycles. The number of rotatable bonds is 4. The van der Waals surface area contributed by atoms with Crippen LogP contribution in [0.1, 0.15) is 22.3 Å². The molecule has 0 fully saturated rings. The summed E-state index contributed by atoms with van der Waals surface area (Å²) in [7, 11) is 0. The van der Waals surface area contributed by atoms with E-state index in [0.717, 1.165) is 21.5 Å². The molecule has 29 heavy (non-hydrogen) atoms. The molecule has 3 aromatic rings. The highest BCUT2D eigenvalue weighted by molar-refractivity contribution is 7.13. The minimum absolute atomic E-state index is 0.0814. The van der Waals surface area contributed by atoms with E-state index in [1.165, 1.54) is 17.6 Å². The largest absolute Gasteiger partial charge is 0.458 e. The number of alkyl halides is 5. The third-order valence-electron chi connectivity index (χ3n) is 4.22. The molecular weight excluding hydrogens is 413 g/mol.